The van der Waals surface area contributed by atoms with Crippen LogP contribution in [0, 0.1) is 0 Å². The van der Waals surface area contributed by atoms with Gasteiger partial charge in [0, 0.05) is 36.1 Å². The molecule has 1 aromatic heterocycles. The molecule has 0 saturated carbocycles. The molecule has 32 heavy (non-hydrogen) atoms. The number of esters is 1. The summed E-state index contributed by atoms with van der Waals surface area (Å²) in [4.78, 5) is 44.0. The van der Waals surface area contributed by atoms with E-state index in [1.165, 1.54) is 0 Å². The number of benzene rings is 2. The van der Waals surface area contributed by atoms with E-state index in [2.05, 4.69) is 10.2 Å². The van der Waals surface area contributed by atoms with Gasteiger partial charge in [0.05, 0.1) is 5.52 Å². The minimum atomic E-state index is -0.552. The molecule has 1 saturated heterocycles. The van der Waals surface area contributed by atoms with E-state index in [0.717, 1.165) is 48.1 Å². The van der Waals surface area contributed by atoms with Crippen molar-refractivity contribution in [3.63, 3.8) is 0 Å². The van der Waals surface area contributed by atoms with Crippen molar-refractivity contribution < 1.29 is 19.1 Å². The number of carbonyl (C=O) groups excluding carboxylic acids is 3. The van der Waals surface area contributed by atoms with Crippen LogP contribution >= 0.6 is 0 Å². The van der Waals surface area contributed by atoms with E-state index < -0.39 is 5.97 Å². The van der Waals surface area contributed by atoms with Gasteiger partial charge in [-0.05, 0) is 55.2 Å². The zero-order chi connectivity index (χ0) is 22.1. The van der Waals surface area contributed by atoms with Crippen LogP contribution in [0.3, 0.4) is 0 Å². The van der Waals surface area contributed by atoms with Gasteiger partial charge in [-0.2, -0.15) is 0 Å². The molecule has 2 aromatic carbocycles. The van der Waals surface area contributed by atoms with Gasteiger partial charge in [0.2, 0.25) is 5.91 Å². The number of rotatable bonds is 5. The SMILES string of the molecule is O=C1CCc2cc(C(=O)COC(=O)c3cc4ccccc4nc3N3CCCC3)ccc2N1. The standard InChI is InChI=1S/C25H23N3O4/c29-22(18-7-9-21-17(13-18)8-10-23(30)26-21)15-32-25(31)19-14-16-5-1-2-6-20(16)27-24(19)28-11-3-4-12-28/h1-2,5-7,9,13-14H,3-4,8,10-12,15H2,(H,26,30). The molecule has 0 unspecified atom stereocenters. The Kier molecular flexibility index (Phi) is 5.31. The molecule has 162 valence electrons. The number of nitrogens with zero attached hydrogens (tertiary/aromatic N) is 2. The number of hydrogen-bond acceptors (Lipinski definition) is 6. The third-order valence-electron chi connectivity index (χ3n) is 5.99. The summed E-state index contributed by atoms with van der Waals surface area (Å²) in [5.41, 5.74) is 3.31. The first kappa shape index (κ1) is 20.2. The number of aromatic nitrogens is 1. The number of para-hydroxylation sites is 1. The number of Topliss-reactive ketones (excluding diaryl/α,β-unsaturated/α-hetero) is 1. The topological polar surface area (TPSA) is 88.6 Å². The number of amides is 1. The molecule has 0 aliphatic carbocycles. The van der Waals surface area contributed by atoms with Gasteiger partial charge in [0.1, 0.15) is 11.4 Å². The van der Waals surface area contributed by atoms with Crippen molar-refractivity contribution in [2.24, 2.45) is 0 Å². The molecular weight excluding hydrogens is 406 g/mol. The molecule has 7 heteroatoms. The Bertz CT molecular complexity index is 1230. The fourth-order valence-corrected chi connectivity index (χ4v) is 4.28. The molecular formula is C25H23N3O4. The first-order valence-electron chi connectivity index (χ1n) is 10.9. The normalized spacial score (nSPS) is 15.4. The highest BCUT2D eigenvalue weighted by molar-refractivity contribution is 6.03. The molecule has 1 fully saturated rings. The van der Waals surface area contributed by atoms with Gasteiger partial charge in [-0.3, -0.25) is 9.59 Å². The average Bonchev–Trinajstić information content (AvgIpc) is 3.36. The quantitative estimate of drug-likeness (QED) is 0.491. The summed E-state index contributed by atoms with van der Waals surface area (Å²) >= 11 is 0. The van der Waals surface area contributed by atoms with Crippen molar-refractivity contribution in [1.82, 2.24) is 4.98 Å². The Hall–Kier alpha value is -3.74. The van der Waals surface area contributed by atoms with Crippen molar-refractivity contribution in [2.45, 2.75) is 25.7 Å². The summed E-state index contributed by atoms with van der Waals surface area (Å²) in [6.07, 6.45) is 3.10. The van der Waals surface area contributed by atoms with Crippen molar-refractivity contribution in [1.29, 1.82) is 0 Å². The number of aryl methyl sites for hydroxylation is 1. The van der Waals surface area contributed by atoms with Crippen molar-refractivity contribution in [2.75, 3.05) is 29.9 Å². The maximum atomic E-state index is 13.0. The number of hydrogen-bond donors (Lipinski definition) is 1. The second-order valence-electron chi connectivity index (χ2n) is 8.17. The summed E-state index contributed by atoms with van der Waals surface area (Å²) in [6.45, 7) is 1.34. The number of carbonyl (C=O) groups is 3. The predicted molar refractivity (Wildman–Crippen MR) is 121 cm³/mol. The van der Waals surface area contributed by atoms with Gasteiger partial charge in [0.15, 0.2) is 12.4 Å². The van der Waals surface area contributed by atoms with Crippen LogP contribution in [0.5, 0.6) is 0 Å². The Morgan fingerprint density at radius 2 is 1.84 bits per heavy atom. The maximum Gasteiger partial charge on any atom is 0.342 e. The van der Waals surface area contributed by atoms with Gasteiger partial charge in [0.25, 0.3) is 0 Å². The Morgan fingerprint density at radius 1 is 1.03 bits per heavy atom. The van der Waals surface area contributed by atoms with Crippen LogP contribution in [-0.2, 0) is 16.0 Å². The Labute approximate surface area is 185 Å². The highest BCUT2D eigenvalue weighted by Gasteiger charge is 2.24. The molecule has 0 spiro atoms. The summed E-state index contributed by atoms with van der Waals surface area (Å²) in [7, 11) is 0. The summed E-state index contributed by atoms with van der Waals surface area (Å²) in [5.74, 6) is -0.246. The van der Waals surface area contributed by atoms with Crippen LogP contribution in [0.25, 0.3) is 10.9 Å². The fraction of sp³-hybridized carbons (Fsp3) is 0.280. The lowest BCUT2D eigenvalue weighted by atomic mass is 9.99. The van der Waals surface area contributed by atoms with E-state index in [9.17, 15) is 14.4 Å². The molecule has 0 atom stereocenters. The molecule has 7 nitrogen and oxygen atoms in total. The van der Waals surface area contributed by atoms with Gasteiger partial charge in [-0.25, -0.2) is 9.78 Å². The summed E-state index contributed by atoms with van der Waals surface area (Å²) in [5, 5.41) is 3.65. The molecule has 0 bridgehead atoms. The zero-order valence-corrected chi connectivity index (χ0v) is 17.6. The highest BCUT2D eigenvalue weighted by Crippen LogP contribution is 2.28. The zero-order valence-electron chi connectivity index (χ0n) is 17.6. The smallest absolute Gasteiger partial charge is 0.342 e. The number of anilines is 2. The van der Waals surface area contributed by atoms with Crippen molar-refractivity contribution >= 4 is 40.1 Å². The second kappa shape index (κ2) is 8.42. The van der Waals surface area contributed by atoms with E-state index in [0.29, 0.717) is 29.8 Å². The Balaban J connectivity index is 1.35. The lowest BCUT2D eigenvalue weighted by Crippen LogP contribution is -2.24. The average molecular weight is 429 g/mol. The van der Waals surface area contributed by atoms with Gasteiger partial charge >= 0.3 is 5.97 Å². The van der Waals surface area contributed by atoms with Crippen LogP contribution in [0.1, 0.15) is 45.5 Å². The third-order valence-corrected chi connectivity index (χ3v) is 5.99. The number of pyridine rings is 1. The lowest BCUT2D eigenvalue weighted by molar-refractivity contribution is -0.116. The van der Waals surface area contributed by atoms with Crippen LogP contribution in [-0.4, -0.2) is 42.3 Å². The van der Waals surface area contributed by atoms with E-state index in [4.69, 9.17) is 9.72 Å². The molecule has 2 aliphatic rings. The first-order chi connectivity index (χ1) is 15.6. The van der Waals surface area contributed by atoms with Gasteiger partial charge in [-0.1, -0.05) is 18.2 Å². The van der Waals surface area contributed by atoms with E-state index >= 15 is 0 Å². The summed E-state index contributed by atoms with van der Waals surface area (Å²) in [6, 6.07) is 14.6. The largest absolute Gasteiger partial charge is 0.454 e. The minimum absolute atomic E-state index is 0.0247. The molecule has 0 radical (unpaired) electrons. The lowest BCUT2D eigenvalue weighted by Gasteiger charge is -2.20. The number of nitrogens with one attached hydrogen (secondary N) is 1. The van der Waals surface area contributed by atoms with Gasteiger partial charge < -0.3 is 15.0 Å². The molecule has 3 aromatic rings. The Morgan fingerprint density at radius 3 is 2.69 bits per heavy atom. The minimum Gasteiger partial charge on any atom is -0.454 e. The van der Waals surface area contributed by atoms with Gasteiger partial charge in [-0.15, -0.1) is 0 Å². The fourth-order valence-electron chi connectivity index (χ4n) is 4.28. The van der Waals surface area contributed by atoms with Crippen molar-refractivity contribution in [3.05, 3.63) is 65.2 Å². The number of fused-ring (bicyclic) bond motifs is 2. The maximum absolute atomic E-state index is 13.0. The summed E-state index contributed by atoms with van der Waals surface area (Å²) < 4.78 is 5.43. The third kappa shape index (κ3) is 3.93. The molecule has 1 N–H and O–H groups in total. The number of ether oxygens (including phenoxy) is 1. The van der Waals surface area contributed by atoms with Crippen LogP contribution in [0.4, 0.5) is 11.5 Å². The molecule has 5 rings (SSSR count). The van der Waals surface area contributed by atoms with Crippen LogP contribution < -0.4 is 10.2 Å². The predicted octanol–water partition coefficient (Wildman–Crippen LogP) is 3.76. The molecule has 2 aliphatic heterocycles. The first-order valence-corrected chi connectivity index (χ1v) is 10.9. The van der Waals surface area contributed by atoms with E-state index in [-0.39, 0.29) is 18.3 Å². The van der Waals surface area contributed by atoms with E-state index in [1.54, 1.807) is 24.3 Å². The highest BCUT2D eigenvalue weighted by atomic mass is 16.5. The number of ketones is 1. The van der Waals surface area contributed by atoms with Crippen LogP contribution in [0.15, 0.2) is 48.5 Å². The monoisotopic (exact) mass is 429 g/mol. The van der Waals surface area contributed by atoms with E-state index in [1.807, 2.05) is 24.3 Å². The second-order valence-corrected chi connectivity index (χ2v) is 8.17. The molecule has 3 heterocycles. The molecule has 1 amide bonds. The van der Waals surface area contributed by atoms with Crippen molar-refractivity contribution in [3.8, 4) is 0 Å². The van der Waals surface area contributed by atoms with Crippen LogP contribution in [0.2, 0.25) is 0 Å².